The van der Waals surface area contributed by atoms with Crippen LogP contribution in [0.25, 0.3) is 0 Å². The maximum absolute atomic E-state index is 12.9. The first-order valence-corrected chi connectivity index (χ1v) is 8.75. The predicted octanol–water partition coefficient (Wildman–Crippen LogP) is 4.70. The second kappa shape index (κ2) is 5.88. The van der Waals surface area contributed by atoms with Gasteiger partial charge in [-0.25, -0.2) is 8.42 Å². The zero-order chi connectivity index (χ0) is 15.6. The molecule has 0 bridgehead atoms. The largest absolute Gasteiger partial charge is 0.223 e. The van der Waals surface area contributed by atoms with Gasteiger partial charge in [0.1, 0.15) is 0 Å². The lowest BCUT2D eigenvalue weighted by atomic mass is 9.83. The summed E-state index contributed by atoms with van der Waals surface area (Å²) in [6.07, 6.45) is 1.36. The van der Waals surface area contributed by atoms with Crippen molar-refractivity contribution in [3.05, 3.63) is 30.3 Å². The van der Waals surface area contributed by atoms with E-state index in [9.17, 15) is 8.42 Å². The topological polar surface area (TPSA) is 34.1 Å². The molecule has 3 heteroatoms. The van der Waals surface area contributed by atoms with Gasteiger partial charge in [0.2, 0.25) is 0 Å². The van der Waals surface area contributed by atoms with E-state index in [-0.39, 0.29) is 16.1 Å². The van der Waals surface area contributed by atoms with Gasteiger partial charge in [-0.05, 0) is 35.8 Å². The van der Waals surface area contributed by atoms with Crippen LogP contribution in [-0.4, -0.2) is 13.7 Å². The van der Waals surface area contributed by atoms with E-state index in [4.69, 9.17) is 0 Å². The predicted molar refractivity (Wildman–Crippen MR) is 85.6 cm³/mol. The molecule has 0 atom stereocenters. The van der Waals surface area contributed by atoms with Crippen LogP contribution < -0.4 is 0 Å². The molecule has 0 aliphatic carbocycles. The van der Waals surface area contributed by atoms with Gasteiger partial charge < -0.3 is 0 Å². The van der Waals surface area contributed by atoms with E-state index < -0.39 is 9.84 Å². The molecular formula is C17H28O2S. The van der Waals surface area contributed by atoms with E-state index in [0.29, 0.717) is 17.7 Å². The van der Waals surface area contributed by atoms with Gasteiger partial charge in [0.15, 0.2) is 9.84 Å². The Hall–Kier alpha value is -0.830. The SMILES string of the molecule is CC(C)(C)CC(CC(C)(C)C)S(=O)(=O)c1ccccc1. The summed E-state index contributed by atoms with van der Waals surface area (Å²) in [5.74, 6) is 0. The molecule has 1 aromatic rings. The molecule has 0 spiro atoms. The Balaban J connectivity index is 3.16. The third-order valence-corrected chi connectivity index (χ3v) is 5.33. The van der Waals surface area contributed by atoms with Crippen molar-refractivity contribution in [3.8, 4) is 0 Å². The summed E-state index contributed by atoms with van der Waals surface area (Å²) < 4.78 is 25.8. The smallest absolute Gasteiger partial charge is 0.181 e. The summed E-state index contributed by atoms with van der Waals surface area (Å²) in [4.78, 5) is 0.443. The molecule has 0 aliphatic rings. The molecule has 0 saturated heterocycles. The van der Waals surface area contributed by atoms with Gasteiger partial charge >= 0.3 is 0 Å². The van der Waals surface area contributed by atoms with Gasteiger partial charge in [0, 0.05) is 0 Å². The minimum Gasteiger partial charge on any atom is -0.223 e. The Bertz CT molecular complexity index is 500. The van der Waals surface area contributed by atoms with Gasteiger partial charge in [-0.1, -0.05) is 59.7 Å². The van der Waals surface area contributed by atoms with Crippen LogP contribution in [0.3, 0.4) is 0 Å². The van der Waals surface area contributed by atoms with Crippen molar-refractivity contribution in [2.75, 3.05) is 0 Å². The standard InChI is InChI=1S/C17H28O2S/c1-16(2,3)12-15(13-17(4,5)6)20(18,19)14-10-8-7-9-11-14/h7-11,15H,12-13H2,1-6H3. The number of hydrogen-bond acceptors (Lipinski definition) is 2. The Morgan fingerprint density at radius 1 is 0.850 bits per heavy atom. The molecule has 2 nitrogen and oxygen atoms in total. The van der Waals surface area contributed by atoms with Gasteiger partial charge in [-0.2, -0.15) is 0 Å². The molecule has 1 aromatic carbocycles. The highest BCUT2D eigenvalue weighted by Crippen LogP contribution is 2.35. The highest BCUT2D eigenvalue weighted by atomic mass is 32.2. The van der Waals surface area contributed by atoms with Crippen molar-refractivity contribution in [2.45, 2.75) is 64.5 Å². The third-order valence-electron chi connectivity index (χ3n) is 3.19. The summed E-state index contributed by atoms with van der Waals surface area (Å²) in [5, 5.41) is -0.329. The van der Waals surface area contributed by atoms with Gasteiger partial charge in [0.25, 0.3) is 0 Å². The molecule has 20 heavy (non-hydrogen) atoms. The average molecular weight is 296 g/mol. The summed E-state index contributed by atoms with van der Waals surface area (Å²) in [6, 6.07) is 8.83. The lowest BCUT2D eigenvalue weighted by molar-refractivity contribution is 0.301. The van der Waals surface area contributed by atoms with Gasteiger partial charge in [-0.3, -0.25) is 0 Å². The van der Waals surface area contributed by atoms with Crippen molar-refractivity contribution in [1.29, 1.82) is 0 Å². The zero-order valence-electron chi connectivity index (χ0n) is 13.6. The van der Waals surface area contributed by atoms with Crippen LogP contribution in [0.1, 0.15) is 54.4 Å². The highest BCUT2D eigenvalue weighted by Gasteiger charge is 2.34. The van der Waals surface area contributed by atoms with Crippen molar-refractivity contribution in [2.24, 2.45) is 10.8 Å². The number of rotatable bonds is 4. The molecule has 0 saturated carbocycles. The zero-order valence-corrected chi connectivity index (χ0v) is 14.4. The van der Waals surface area contributed by atoms with E-state index in [1.807, 2.05) is 6.07 Å². The molecule has 0 aromatic heterocycles. The van der Waals surface area contributed by atoms with E-state index in [1.165, 1.54) is 0 Å². The quantitative estimate of drug-likeness (QED) is 0.807. The Kier molecular flexibility index (Phi) is 5.07. The minimum absolute atomic E-state index is 0.00222. The summed E-state index contributed by atoms with van der Waals surface area (Å²) in [5.41, 5.74) is -0.00443. The average Bonchev–Trinajstić information content (AvgIpc) is 2.25. The van der Waals surface area contributed by atoms with Gasteiger partial charge in [-0.15, -0.1) is 0 Å². The van der Waals surface area contributed by atoms with Crippen LogP contribution in [0, 0.1) is 10.8 Å². The van der Waals surface area contributed by atoms with Crippen LogP contribution in [0.4, 0.5) is 0 Å². The first-order chi connectivity index (χ1) is 8.92. The third kappa shape index (κ3) is 5.28. The molecule has 0 aliphatic heterocycles. The van der Waals surface area contributed by atoms with Crippen molar-refractivity contribution >= 4 is 9.84 Å². The Morgan fingerprint density at radius 3 is 1.60 bits per heavy atom. The Morgan fingerprint density at radius 2 is 1.25 bits per heavy atom. The second-order valence-electron chi connectivity index (χ2n) is 8.01. The van der Waals surface area contributed by atoms with Gasteiger partial charge in [0.05, 0.1) is 10.1 Å². The number of benzene rings is 1. The van der Waals surface area contributed by atoms with E-state index >= 15 is 0 Å². The number of sulfone groups is 1. The van der Waals surface area contributed by atoms with E-state index in [2.05, 4.69) is 41.5 Å². The van der Waals surface area contributed by atoms with E-state index in [0.717, 1.165) is 0 Å². The lowest BCUT2D eigenvalue weighted by Gasteiger charge is -2.30. The highest BCUT2D eigenvalue weighted by molar-refractivity contribution is 7.92. The Labute approximate surface area is 124 Å². The van der Waals surface area contributed by atoms with Crippen molar-refractivity contribution in [3.63, 3.8) is 0 Å². The molecule has 0 radical (unpaired) electrons. The fraction of sp³-hybridized carbons (Fsp3) is 0.647. The lowest BCUT2D eigenvalue weighted by Crippen LogP contribution is -2.31. The maximum Gasteiger partial charge on any atom is 0.181 e. The molecule has 0 amide bonds. The molecule has 1 rings (SSSR count). The van der Waals surface area contributed by atoms with Crippen molar-refractivity contribution < 1.29 is 8.42 Å². The summed E-state index contributed by atoms with van der Waals surface area (Å²) in [7, 11) is -3.27. The molecule has 114 valence electrons. The van der Waals surface area contributed by atoms with Crippen LogP contribution >= 0.6 is 0 Å². The summed E-state index contributed by atoms with van der Waals surface area (Å²) >= 11 is 0. The first-order valence-electron chi connectivity index (χ1n) is 7.21. The first kappa shape index (κ1) is 17.2. The molecule has 0 N–H and O–H groups in total. The van der Waals surface area contributed by atoms with E-state index in [1.54, 1.807) is 24.3 Å². The minimum atomic E-state index is -3.27. The fourth-order valence-electron chi connectivity index (χ4n) is 2.46. The molecule has 0 unspecified atom stereocenters. The fourth-order valence-corrected chi connectivity index (χ4v) is 4.82. The maximum atomic E-state index is 12.9. The molecular weight excluding hydrogens is 268 g/mol. The van der Waals surface area contributed by atoms with Crippen LogP contribution in [0.2, 0.25) is 0 Å². The normalized spacial score (nSPS) is 13.8. The van der Waals surface area contributed by atoms with Crippen LogP contribution in [-0.2, 0) is 9.84 Å². The summed E-state index contributed by atoms with van der Waals surface area (Å²) in [6.45, 7) is 12.6. The monoisotopic (exact) mass is 296 g/mol. The molecule has 0 fully saturated rings. The molecule has 0 heterocycles. The second-order valence-corrected chi connectivity index (χ2v) is 10.2. The van der Waals surface area contributed by atoms with Crippen LogP contribution in [0.15, 0.2) is 35.2 Å². The van der Waals surface area contributed by atoms with Crippen molar-refractivity contribution in [1.82, 2.24) is 0 Å². The number of hydrogen-bond donors (Lipinski definition) is 0. The van der Waals surface area contributed by atoms with Crippen LogP contribution in [0.5, 0.6) is 0 Å².